The molecule has 0 aliphatic rings. The molecule has 32 heavy (non-hydrogen) atoms. The Hall–Kier alpha value is -2.57. The zero-order valence-corrected chi connectivity index (χ0v) is 18.1. The van der Waals surface area contributed by atoms with Gasteiger partial charge in [-0.05, 0) is 17.9 Å². The van der Waals surface area contributed by atoms with Crippen molar-refractivity contribution in [1.29, 1.82) is 0 Å². The second kappa shape index (κ2) is 13.1. The van der Waals surface area contributed by atoms with Crippen LogP contribution in [-0.2, 0) is 14.4 Å². The maximum absolute atomic E-state index is 12.4. The number of amides is 2. The van der Waals surface area contributed by atoms with E-state index in [2.05, 4.69) is 10.6 Å². The molecule has 180 valence electrons. The van der Waals surface area contributed by atoms with Crippen LogP contribution in [0.15, 0.2) is 30.3 Å². The first-order valence-corrected chi connectivity index (χ1v) is 10.3. The summed E-state index contributed by atoms with van der Waals surface area (Å²) < 4.78 is 0. The van der Waals surface area contributed by atoms with E-state index in [1.807, 2.05) is 13.8 Å². The van der Waals surface area contributed by atoms with E-state index in [4.69, 9.17) is 10.8 Å². The van der Waals surface area contributed by atoms with Gasteiger partial charge in [0, 0.05) is 0 Å². The van der Waals surface area contributed by atoms with Gasteiger partial charge in [0.1, 0.15) is 12.2 Å². The van der Waals surface area contributed by atoms with Gasteiger partial charge in [-0.15, -0.1) is 0 Å². The van der Waals surface area contributed by atoms with Crippen LogP contribution in [0.2, 0.25) is 0 Å². The molecule has 1 aromatic carbocycles. The highest BCUT2D eigenvalue weighted by atomic mass is 16.4. The number of nitrogens with one attached hydrogen (secondary N) is 2. The van der Waals surface area contributed by atoms with Crippen LogP contribution in [0.3, 0.4) is 0 Å². The summed E-state index contributed by atoms with van der Waals surface area (Å²) in [6, 6.07) is 4.85. The summed E-state index contributed by atoms with van der Waals surface area (Å²) in [5, 5.41) is 54.0. The van der Waals surface area contributed by atoms with E-state index in [9.17, 15) is 34.8 Å². The van der Waals surface area contributed by atoms with Crippen LogP contribution in [0.4, 0.5) is 0 Å². The molecule has 11 nitrogen and oxygen atoms in total. The first-order valence-electron chi connectivity index (χ1n) is 10.3. The molecule has 0 aliphatic heterocycles. The molecule has 6 atom stereocenters. The van der Waals surface area contributed by atoms with Crippen molar-refractivity contribution in [1.82, 2.24) is 10.6 Å². The third kappa shape index (κ3) is 8.52. The van der Waals surface area contributed by atoms with Crippen molar-refractivity contribution < 1.29 is 39.9 Å². The highest BCUT2D eigenvalue weighted by Crippen LogP contribution is 2.17. The number of hydrogen-bond acceptors (Lipinski definition) is 8. The van der Waals surface area contributed by atoms with E-state index in [1.54, 1.807) is 30.3 Å². The van der Waals surface area contributed by atoms with Crippen molar-refractivity contribution in [3.8, 4) is 0 Å². The van der Waals surface area contributed by atoms with Gasteiger partial charge in [-0.3, -0.25) is 14.4 Å². The van der Waals surface area contributed by atoms with Gasteiger partial charge >= 0.3 is 5.97 Å². The maximum Gasteiger partial charge on any atom is 0.305 e. The molecule has 1 aromatic rings. The number of aliphatic hydroxyl groups is 4. The third-order valence-electron chi connectivity index (χ3n) is 4.84. The maximum atomic E-state index is 12.4. The zero-order chi connectivity index (χ0) is 24.4. The lowest BCUT2D eigenvalue weighted by atomic mass is 9.98. The standard InChI is InChI=1S/C21H33N3O8/c1-11(2)8-13(22)20(31)24-15(10-25)17(28)18(29)19(30)21(32)23-14(9-16(26)27)12-6-4-3-5-7-12/h3-7,11,13-15,17-19,25,28-30H,8-10,22H2,1-2H3,(H,23,32)(H,24,31)(H,26,27). The van der Waals surface area contributed by atoms with Crippen LogP contribution in [0, 0.1) is 5.92 Å². The van der Waals surface area contributed by atoms with Crippen LogP contribution >= 0.6 is 0 Å². The molecule has 0 heterocycles. The van der Waals surface area contributed by atoms with Gasteiger partial charge in [0.05, 0.1) is 31.2 Å². The number of carboxylic acid groups (broad SMARTS) is 1. The Morgan fingerprint density at radius 2 is 1.56 bits per heavy atom. The van der Waals surface area contributed by atoms with Gasteiger partial charge in [0.2, 0.25) is 5.91 Å². The molecular formula is C21H33N3O8. The minimum absolute atomic E-state index is 0.118. The second-order valence-corrected chi connectivity index (χ2v) is 8.03. The molecule has 11 heteroatoms. The lowest BCUT2D eigenvalue weighted by Crippen LogP contribution is -2.58. The van der Waals surface area contributed by atoms with Gasteiger partial charge in [-0.2, -0.15) is 0 Å². The summed E-state index contributed by atoms with van der Waals surface area (Å²) in [7, 11) is 0. The predicted octanol–water partition coefficient (Wildman–Crippen LogP) is -1.75. The predicted molar refractivity (Wildman–Crippen MR) is 114 cm³/mol. The SMILES string of the molecule is CC(C)CC(N)C(=O)NC(CO)C(O)C(O)C(O)C(=O)NC(CC(=O)O)c1ccccc1. The molecule has 0 saturated heterocycles. The number of carboxylic acids is 1. The molecule has 0 bridgehead atoms. The van der Waals surface area contributed by atoms with E-state index in [0.717, 1.165) is 0 Å². The van der Waals surface area contributed by atoms with Crippen LogP contribution in [0.1, 0.15) is 38.3 Å². The van der Waals surface area contributed by atoms with E-state index in [-0.39, 0.29) is 5.92 Å². The number of aliphatic carboxylic acids is 1. The Bertz CT molecular complexity index is 746. The van der Waals surface area contributed by atoms with Crippen LogP contribution in [0.25, 0.3) is 0 Å². The fourth-order valence-corrected chi connectivity index (χ4v) is 3.09. The van der Waals surface area contributed by atoms with Crippen LogP contribution in [-0.4, -0.2) is 80.3 Å². The Labute approximate surface area is 186 Å². The van der Waals surface area contributed by atoms with Crippen molar-refractivity contribution in [2.24, 2.45) is 11.7 Å². The van der Waals surface area contributed by atoms with Gasteiger partial charge in [-0.1, -0.05) is 44.2 Å². The Morgan fingerprint density at radius 1 is 0.969 bits per heavy atom. The average molecular weight is 456 g/mol. The molecule has 0 spiro atoms. The van der Waals surface area contributed by atoms with Crippen molar-refractivity contribution in [3.05, 3.63) is 35.9 Å². The minimum atomic E-state index is -2.17. The zero-order valence-electron chi connectivity index (χ0n) is 18.1. The van der Waals surface area contributed by atoms with Crippen molar-refractivity contribution in [2.45, 2.75) is 63.1 Å². The van der Waals surface area contributed by atoms with Gasteiger partial charge < -0.3 is 41.9 Å². The summed E-state index contributed by atoms with van der Waals surface area (Å²) in [5.74, 6) is -2.89. The van der Waals surface area contributed by atoms with E-state index in [0.29, 0.717) is 12.0 Å². The molecule has 1 rings (SSSR count). The molecule has 9 N–H and O–H groups in total. The van der Waals surface area contributed by atoms with Crippen LogP contribution < -0.4 is 16.4 Å². The fourth-order valence-electron chi connectivity index (χ4n) is 3.09. The fraction of sp³-hybridized carbons (Fsp3) is 0.571. The first kappa shape index (κ1) is 27.5. The Kier molecular flexibility index (Phi) is 11.2. The van der Waals surface area contributed by atoms with E-state index in [1.165, 1.54) is 0 Å². The van der Waals surface area contributed by atoms with E-state index < -0.39 is 67.2 Å². The van der Waals surface area contributed by atoms with Gasteiger partial charge in [0.25, 0.3) is 5.91 Å². The topological polar surface area (TPSA) is 202 Å². The molecule has 0 saturated carbocycles. The van der Waals surface area contributed by atoms with Gasteiger partial charge in [0.15, 0.2) is 6.10 Å². The highest BCUT2D eigenvalue weighted by Gasteiger charge is 2.37. The Morgan fingerprint density at radius 3 is 2.06 bits per heavy atom. The number of carbonyl (C=O) groups is 3. The third-order valence-corrected chi connectivity index (χ3v) is 4.84. The van der Waals surface area contributed by atoms with Gasteiger partial charge in [-0.25, -0.2) is 0 Å². The highest BCUT2D eigenvalue weighted by molar-refractivity contribution is 5.83. The normalized spacial score (nSPS) is 17.0. The molecule has 2 amide bonds. The summed E-state index contributed by atoms with van der Waals surface area (Å²) in [6.45, 7) is 2.92. The number of rotatable bonds is 13. The van der Waals surface area contributed by atoms with Crippen molar-refractivity contribution in [3.63, 3.8) is 0 Å². The molecular weight excluding hydrogens is 422 g/mol. The number of hydrogen-bond donors (Lipinski definition) is 8. The van der Waals surface area contributed by atoms with E-state index >= 15 is 0 Å². The number of benzene rings is 1. The van der Waals surface area contributed by atoms with Crippen molar-refractivity contribution in [2.75, 3.05) is 6.61 Å². The smallest absolute Gasteiger partial charge is 0.305 e. The summed E-state index contributed by atoms with van der Waals surface area (Å²) in [5.41, 5.74) is 6.22. The number of nitrogens with two attached hydrogens (primary N) is 1. The number of aliphatic hydroxyl groups excluding tert-OH is 4. The largest absolute Gasteiger partial charge is 0.481 e. The lowest BCUT2D eigenvalue weighted by Gasteiger charge is -2.30. The summed E-state index contributed by atoms with van der Waals surface area (Å²) in [6.07, 6.45) is -6.30. The summed E-state index contributed by atoms with van der Waals surface area (Å²) in [4.78, 5) is 35.7. The second-order valence-electron chi connectivity index (χ2n) is 8.03. The molecule has 6 unspecified atom stereocenters. The molecule has 0 aliphatic carbocycles. The minimum Gasteiger partial charge on any atom is -0.481 e. The lowest BCUT2D eigenvalue weighted by molar-refractivity contribution is -0.145. The first-order chi connectivity index (χ1) is 15.0. The summed E-state index contributed by atoms with van der Waals surface area (Å²) >= 11 is 0. The molecule has 0 fully saturated rings. The quantitative estimate of drug-likeness (QED) is 0.170. The monoisotopic (exact) mass is 455 g/mol. The average Bonchev–Trinajstić information content (AvgIpc) is 2.74. The number of carbonyl (C=O) groups excluding carboxylic acids is 2. The Balaban J connectivity index is 2.83. The van der Waals surface area contributed by atoms with Crippen LogP contribution in [0.5, 0.6) is 0 Å². The molecule has 0 radical (unpaired) electrons. The van der Waals surface area contributed by atoms with Crippen molar-refractivity contribution >= 4 is 17.8 Å². The molecule has 0 aromatic heterocycles.